The number of nitrogens with zero attached hydrogens (tertiary/aromatic N) is 3. The highest BCUT2D eigenvalue weighted by molar-refractivity contribution is 7.71. The number of para-hydroxylation sites is 1. The summed E-state index contributed by atoms with van der Waals surface area (Å²) >= 11 is 5.47. The Balaban J connectivity index is 1.99. The summed E-state index contributed by atoms with van der Waals surface area (Å²) < 4.78 is 8.57. The number of nitrogens with one attached hydrogen (secondary N) is 1. The van der Waals surface area contributed by atoms with Crippen LogP contribution in [0.5, 0.6) is 5.75 Å². The number of benzene rings is 2. The summed E-state index contributed by atoms with van der Waals surface area (Å²) in [7, 11) is 0. The molecule has 1 heterocycles. The van der Waals surface area contributed by atoms with E-state index in [9.17, 15) is 4.91 Å². The Bertz CT molecular complexity index is 1060. The van der Waals surface area contributed by atoms with Gasteiger partial charge in [0.25, 0.3) is 0 Å². The molecule has 0 aliphatic carbocycles. The highest BCUT2D eigenvalue weighted by Gasteiger charge is 2.16. The average molecular weight is 397 g/mol. The van der Waals surface area contributed by atoms with Gasteiger partial charge < -0.3 is 4.74 Å². The summed E-state index contributed by atoms with van der Waals surface area (Å²) in [6.45, 7) is 10.3. The lowest BCUT2D eigenvalue weighted by molar-refractivity contribution is 0.289. The average Bonchev–Trinajstić information content (AvgIpc) is 3.00. The van der Waals surface area contributed by atoms with E-state index in [0.717, 1.165) is 33.7 Å². The van der Waals surface area contributed by atoms with Crippen molar-refractivity contribution in [1.29, 1.82) is 0 Å². The third kappa shape index (κ3) is 3.75. The maximum Gasteiger partial charge on any atom is 0.199 e. The van der Waals surface area contributed by atoms with E-state index in [0.29, 0.717) is 16.3 Å². The van der Waals surface area contributed by atoms with E-state index in [1.807, 2.05) is 49.6 Å². The molecule has 0 unspecified atom stereocenters. The number of hydrogen-bond acceptors (Lipinski definition) is 5. The molecule has 3 rings (SSSR count). The molecule has 0 fully saturated rings. The minimum absolute atomic E-state index is 0.190. The van der Waals surface area contributed by atoms with Crippen LogP contribution in [0.15, 0.2) is 35.5 Å². The molecule has 0 spiro atoms. The van der Waals surface area contributed by atoms with Gasteiger partial charge in [-0.2, -0.15) is 5.10 Å². The molecule has 146 valence electrons. The van der Waals surface area contributed by atoms with E-state index in [1.54, 1.807) is 6.07 Å². The molecule has 2 aromatic carbocycles. The molecule has 0 saturated heterocycles. The standard InChI is InChI=1S/C21H24N4O2S/c1-12(2)16-10-17(24-26)15(5)9-18(16)27-11-19-22-23-21(28)25(19)20-13(3)7-6-8-14(20)4/h6-10,12H,11H2,1-5H3,(H,23,28). The topological polar surface area (TPSA) is 72.3 Å². The Kier molecular flexibility index (Phi) is 5.74. The first kappa shape index (κ1) is 19.9. The molecule has 1 N–H and O–H groups in total. The molecule has 7 heteroatoms. The van der Waals surface area contributed by atoms with E-state index in [2.05, 4.69) is 29.2 Å². The van der Waals surface area contributed by atoms with E-state index in [1.165, 1.54) is 0 Å². The summed E-state index contributed by atoms with van der Waals surface area (Å²) in [5.41, 5.74) is 5.39. The van der Waals surface area contributed by atoms with Crippen molar-refractivity contribution >= 4 is 17.9 Å². The third-order valence-electron chi connectivity index (χ3n) is 4.81. The van der Waals surface area contributed by atoms with E-state index in [4.69, 9.17) is 17.0 Å². The van der Waals surface area contributed by atoms with Crippen molar-refractivity contribution < 1.29 is 4.74 Å². The van der Waals surface area contributed by atoms with Crippen molar-refractivity contribution in [2.24, 2.45) is 5.18 Å². The molecule has 0 aliphatic heterocycles. The van der Waals surface area contributed by atoms with Crippen LogP contribution in [0.4, 0.5) is 5.69 Å². The van der Waals surface area contributed by atoms with Gasteiger partial charge in [0.05, 0.1) is 5.69 Å². The van der Waals surface area contributed by atoms with Gasteiger partial charge in [-0.25, -0.2) is 0 Å². The highest BCUT2D eigenvalue weighted by atomic mass is 32.1. The van der Waals surface area contributed by atoms with Gasteiger partial charge in [0, 0.05) is 0 Å². The second-order valence-electron chi connectivity index (χ2n) is 7.23. The maximum atomic E-state index is 11.0. The van der Waals surface area contributed by atoms with Gasteiger partial charge in [-0.15, -0.1) is 4.91 Å². The summed E-state index contributed by atoms with van der Waals surface area (Å²) in [4.78, 5) is 11.0. The van der Waals surface area contributed by atoms with Crippen LogP contribution in [-0.4, -0.2) is 14.8 Å². The highest BCUT2D eigenvalue weighted by Crippen LogP contribution is 2.34. The van der Waals surface area contributed by atoms with E-state index >= 15 is 0 Å². The van der Waals surface area contributed by atoms with Crippen LogP contribution in [-0.2, 0) is 6.61 Å². The van der Waals surface area contributed by atoms with Crippen molar-refractivity contribution in [2.75, 3.05) is 0 Å². The van der Waals surface area contributed by atoms with Crippen LogP contribution in [0.25, 0.3) is 5.69 Å². The first-order valence-corrected chi connectivity index (χ1v) is 9.58. The number of ether oxygens (including phenoxy) is 1. The molecule has 0 atom stereocenters. The van der Waals surface area contributed by atoms with Crippen molar-refractivity contribution in [3.05, 3.63) is 68.1 Å². The van der Waals surface area contributed by atoms with Gasteiger partial charge in [-0.05, 0) is 78.5 Å². The van der Waals surface area contributed by atoms with Crippen LogP contribution in [0.1, 0.15) is 47.8 Å². The molecule has 6 nitrogen and oxygen atoms in total. The number of aromatic nitrogens is 3. The molecule has 0 aliphatic rings. The number of nitroso groups, excluding NO2 is 1. The van der Waals surface area contributed by atoms with E-state index < -0.39 is 0 Å². The smallest absolute Gasteiger partial charge is 0.199 e. The van der Waals surface area contributed by atoms with Gasteiger partial charge >= 0.3 is 0 Å². The molecule has 0 saturated carbocycles. The second-order valence-corrected chi connectivity index (χ2v) is 7.62. The van der Waals surface area contributed by atoms with Crippen molar-refractivity contribution in [1.82, 2.24) is 14.8 Å². The summed E-state index contributed by atoms with van der Waals surface area (Å²) in [5.74, 6) is 1.60. The number of aryl methyl sites for hydroxylation is 3. The maximum absolute atomic E-state index is 11.0. The molecule has 1 aromatic heterocycles. The fourth-order valence-electron chi connectivity index (χ4n) is 3.32. The largest absolute Gasteiger partial charge is 0.485 e. The zero-order valence-electron chi connectivity index (χ0n) is 16.7. The van der Waals surface area contributed by atoms with Crippen molar-refractivity contribution in [3.8, 4) is 11.4 Å². The predicted molar refractivity (Wildman–Crippen MR) is 113 cm³/mol. The molecular weight excluding hydrogens is 372 g/mol. The van der Waals surface area contributed by atoms with Gasteiger partial charge in [0.15, 0.2) is 10.6 Å². The lowest BCUT2D eigenvalue weighted by Gasteiger charge is -2.17. The quantitative estimate of drug-likeness (QED) is 0.412. The van der Waals surface area contributed by atoms with E-state index in [-0.39, 0.29) is 12.5 Å². The second kappa shape index (κ2) is 8.06. The molecule has 28 heavy (non-hydrogen) atoms. The Morgan fingerprint density at radius 1 is 1.18 bits per heavy atom. The summed E-state index contributed by atoms with van der Waals surface area (Å²) in [6.07, 6.45) is 0. The zero-order valence-corrected chi connectivity index (χ0v) is 17.6. The monoisotopic (exact) mass is 396 g/mol. The lowest BCUT2D eigenvalue weighted by Crippen LogP contribution is -2.09. The Morgan fingerprint density at radius 2 is 1.86 bits per heavy atom. The van der Waals surface area contributed by atoms with Gasteiger partial charge in [-0.1, -0.05) is 32.0 Å². The van der Waals surface area contributed by atoms with Crippen LogP contribution >= 0.6 is 12.2 Å². The molecule has 0 amide bonds. The number of H-pyrrole nitrogens is 1. The molecular formula is C21H24N4O2S. The number of hydrogen-bond donors (Lipinski definition) is 1. The molecule has 3 aromatic rings. The first-order chi connectivity index (χ1) is 13.3. The van der Waals surface area contributed by atoms with Crippen molar-refractivity contribution in [3.63, 3.8) is 0 Å². The van der Waals surface area contributed by atoms with Gasteiger partial charge in [-0.3, -0.25) is 9.67 Å². The Morgan fingerprint density at radius 3 is 2.46 bits per heavy atom. The Labute approximate surface area is 169 Å². The SMILES string of the molecule is Cc1cc(OCc2n[nH]c(=S)n2-c2c(C)cccc2C)c(C(C)C)cc1N=O. The number of aromatic amines is 1. The third-order valence-corrected chi connectivity index (χ3v) is 5.08. The molecule has 0 radical (unpaired) electrons. The minimum atomic E-state index is 0.190. The zero-order chi connectivity index (χ0) is 20.4. The number of rotatable bonds is 6. The van der Waals surface area contributed by atoms with Gasteiger partial charge in [0.1, 0.15) is 18.0 Å². The lowest BCUT2D eigenvalue weighted by atomic mass is 9.99. The minimum Gasteiger partial charge on any atom is -0.485 e. The Hall–Kier alpha value is -2.80. The normalized spacial score (nSPS) is 11.1. The summed E-state index contributed by atoms with van der Waals surface area (Å²) in [6, 6.07) is 9.77. The first-order valence-electron chi connectivity index (χ1n) is 9.17. The van der Waals surface area contributed by atoms with Crippen LogP contribution in [0, 0.1) is 30.4 Å². The van der Waals surface area contributed by atoms with Crippen LogP contribution in [0.3, 0.4) is 0 Å². The van der Waals surface area contributed by atoms with Crippen molar-refractivity contribution in [2.45, 2.75) is 47.1 Å². The van der Waals surface area contributed by atoms with Gasteiger partial charge in [0.2, 0.25) is 0 Å². The fraction of sp³-hybridized carbons (Fsp3) is 0.333. The van der Waals surface area contributed by atoms with Crippen LogP contribution in [0.2, 0.25) is 0 Å². The fourth-order valence-corrected chi connectivity index (χ4v) is 3.56. The predicted octanol–water partition coefficient (Wildman–Crippen LogP) is 5.96. The van der Waals surface area contributed by atoms with Crippen LogP contribution < -0.4 is 4.74 Å². The molecule has 0 bridgehead atoms. The summed E-state index contributed by atoms with van der Waals surface area (Å²) in [5, 5.41) is 10.4.